The number of likely N-dealkylation sites (N-methyl/N-ethyl adjacent to an activating group) is 1. The standard InChI is InChI=1S/C34H34F3N7O2S/c1-42-12-18-3-4-19(13-42)44(18)32-27-22-15-45-14-21(22)26(28-23(36)5-6-24-25(28)20(10-38)31(39)47-24)29(37)30(27)40-33(41-32)46-16-34-7-2-8-43(34)11-17(35)9-34/h5-6,17-19H,2-4,7-9,11-16,39H2,1H3/t17-,18?,19?,34+/m1/s1. The summed E-state index contributed by atoms with van der Waals surface area (Å²) in [4.78, 5) is 16.5. The van der Waals surface area contributed by atoms with Crippen molar-refractivity contribution < 1.29 is 22.6 Å². The highest BCUT2D eigenvalue weighted by Crippen LogP contribution is 2.49. The van der Waals surface area contributed by atoms with Crippen LogP contribution in [0.5, 0.6) is 6.01 Å². The van der Waals surface area contributed by atoms with Crippen LogP contribution in [0.4, 0.5) is 24.0 Å². The molecular formula is C34H34F3N7O2S. The Hall–Kier alpha value is -3.70. The maximum Gasteiger partial charge on any atom is 0.319 e. The van der Waals surface area contributed by atoms with E-state index in [1.165, 1.54) is 17.4 Å². The van der Waals surface area contributed by atoms with Crippen LogP contribution in [0.1, 0.15) is 48.8 Å². The zero-order chi connectivity index (χ0) is 32.2. The minimum atomic E-state index is -0.919. The van der Waals surface area contributed by atoms with E-state index >= 15 is 8.78 Å². The third kappa shape index (κ3) is 4.31. The van der Waals surface area contributed by atoms with Crippen molar-refractivity contribution in [2.75, 3.05) is 50.5 Å². The fourth-order valence-corrected chi connectivity index (χ4v) is 10.1. The van der Waals surface area contributed by atoms with Crippen LogP contribution in [0, 0.1) is 23.0 Å². The number of alkyl halides is 1. The molecule has 0 saturated carbocycles. The van der Waals surface area contributed by atoms with Gasteiger partial charge in [0.2, 0.25) is 0 Å². The summed E-state index contributed by atoms with van der Waals surface area (Å²) in [6.07, 6.45) is 3.20. The lowest BCUT2D eigenvalue weighted by molar-refractivity contribution is 0.107. The molecule has 2 unspecified atom stereocenters. The summed E-state index contributed by atoms with van der Waals surface area (Å²) >= 11 is 1.17. The van der Waals surface area contributed by atoms with E-state index in [2.05, 4.69) is 27.8 Å². The van der Waals surface area contributed by atoms with Gasteiger partial charge in [-0.05, 0) is 62.5 Å². The lowest BCUT2D eigenvalue weighted by Crippen LogP contribution is -2.53. The maximum absolute atomic E-state index is 17.4. The third-order valence-electron chi connectivity index (χ3n) is 11.1. The summed E-state index contributed by atoms with van der Waals surface area (Å²) in [5.41, 5.74) is 7.13. The molecule has 0 radical (unpaired) electrons. The molecule has 7 heterocycles. The van der Waals surface area contributed by atoms with Gasteiger partial charge in [0.05, 0.1) is 29.7 Å². The summed E-state index contributed by atoms with van der Waals surface area (Å²) in [5, 5.41) is 11.1. The van der Waals surface area contributed by atoms with E-state index in [1.807, 2.05) is 0 Å². The molecule has 9 nitrogen and oxygen atoms in total. The van der Waals surface area contributed by atoms with Gasteiger partial charge in [-0.2, -0.15) is 15.2 Å². The zero-order valence-corrected chi connectivity index (χ0v) is 26.8. The van der Waals surface area contributed by atoms with Crippen molar-refractivity contribution in [3.05, 3.63) is 40.5 Å². The number of thiophene rings is 1. The van der Waals surface area contributed by atoms with Gasteiger partial charge in [0.1, 0.15) is 41.0 Å². The van der Waals surface area contributed by atoms with Crippen LogP contribution in [0.2, 0.25) is 0 Å². The molecule has 0 aliphatic carbocycles. The number of hydrogen-bond acceptors (Lipinski definition) is 10. The average Bonchev–Trinajstić information content (AvgIpc) is 3.85. The first-order valence-corrected chi connectivity index (χ1v) is 17.1. The van der Waals surface area contributed by atoms with Gasteiger partial charge in [-0.1, -0.05) is 0 Å². The van der Waals surface area contributed by atoms with Gasteiger partial charge in [0.25, 0.3) is 0 Å². The molecular weight excluding hydrogens is 627 g/mol. The van der Waals surface area contributed by atoms with Crippen LogP contribution in [-0.2, 0) is 18.0 Å². The Balaban J connectivity index is 1.28. The highest BCUT2D eigenvalue weighted by molar-refractivity contribution is 7.23. The number of hydrogen-bond donors (Lipinski definition) is 1. The number of likely N-dealkylation sites (tertiary alicyclic amines) is 1. The molecule has 2 aromatic carbocycles. The van der Waals surface area contributed by atoms with Gasteiger partial charge < -0.3 is 25.0 Å². The highest BCUT2D eigenvalue weighted by Gasteiger charge is 2.50. The lowest BCUT2D eigenvalue weighted by Gasteiger charge is -2.41. The number of aromatic nitrogens is 2. The van der Waals surface area contributed by atoms with Gasteiger partial charge in [0, 0.05) is 59.4 Å². The first-order valence-electron chi connectivity index (χ1n) is 16.3. The zero-order valence-electron chi connectivity index (χ0n) is 26.0. The van der Waals surface area contributed by atoms with Crippen molar-refractivity contribution in [1.29, 1.82) is 5.26 Å². The number of nitrogens with two attached hydrogens (primary N) is 1. The summed E-state index contributed by atoms with van der Waals surface area (Å²) < 4.78 is 60.8. The molecule has 4 aromatic rings. The van der Waals surface area contributed by atoms with Crippen molar-refractivity contribution >= 4 is 43.1 Å². The minimum absolute atomic E-state index is 0.0177. The number of halogens is 3. The van der Waals surface area contributed by atoms with Crippen molar-refractivity contribution in [2.45, 2.75) is 69.1 Å². The maximum atomic E-state index is 17.4. The number of benzene rings is 2. The normalized spacial score (nSPS) is 27.2. The van der Waals surface area contributed by atoms with E-state index in [9.17, 15) is 9.65 Å². The average molecular weight is 662 g/mol. The number of anilines is 2. The Morgan fingerprint density at radius 1 is 1.11 bits per heavy atom. The molecule has 47 heavy (non-hydrogen) atoms. The van der Waals surface area contributed by atoms with Crippen LogP contribution >= 0.6 is 11.3 Å². The first kappa shape index (κ1) is 29.4. The predicted molar refractivity (Wildman–Crippen MR) is 173 cm³/mol. The molecule has 5 aliphatic rings. The summed E-state index contributed by atoms with van der Waals surface area (Å²) in [5.74, 6) is -0.779. The van der Waals surface area contributed by atoms with Crippen molar-refractivity contribution in [2.24, 2.45) is 0 Å². The van der Waals surface area contributed by atoms with Crippen LogP contribution < -0.4 is 15.4 Å². The molecule has 0 spiro atoms. The lowest BCUT2D eigenvalue weighted by atomic mass is 9.90. The Labute approximate surface area is 273 Å². The molecule has 9 rings (SSSR count). The van der Waals surface area contributed by atoms with E-state index in [-0.39, 0.29) is 70.5 Å². The number of nitrogens with zero attached hydrogens (tertiary/aromatic N) is 6. The van der Waals surface area contributed by atoms with E-state index in [0.29, 0.717) is 40.0 Å². The predicted octanol–water partition coefficient (Wildman–Crippen LogP) is 5.51. The van der Waals surface area contributed by atoms with Gasteiger partial charge in [0.15, 0.2) is 5.82 Å². The molecule has 0 amide bonds. The molecule has 4 fully saturated rings. The van der Waals surface area contributed by atoms with Gasteiger partial charge in [-0.25, -0.2) is 13.2 Å². The molecule has 2 N–H and O–H groups in total. The second kappa shape index (κ2) is 10.7. The highest BCUT2D eigenvalue weighted by atomic mass is 32.1. The number of piperazine rings is 1. The quantitative estimate of drug-likeness (QED) is 0.297. The molecule has 244 valence electrons. The van der Waals surface area contributed by atoms with E-state index in [1.54, 1.807) is 6.07 Å². The largest absolute Gasteiger partial charge is 0.461 e. The van der Waals surface area contributed by atoms with Crippen LogP contribution in [0.3, 0.4) is 0 Å². The van der Waals surface area contributed by atoms with Crippen LogP contribution in [-0.4, -0.2) is 83.4 Å². The number of fused-ring (bicyclic) bond motifs is 7. The molecule has 13 heteroatoms. The second-order valence-corrected chi connectivity index (χ2v) is 14.9. The fraction of sp³-hybridized carbons (Fsp3) is 0.500. The van der Waals surface area contributed by atoms with Crippen LogP contribution in [0.15, 0.2) is 12.1 Å². The molecule has 4 saturated heterocycles. The SMILES string of the molecule is CN1CC2CCC(C1)N2c1nc(OC[C@@]23CCCN2C[C@H](F)C3)nc2c(F)c(-c3c(F)ccc4sc(N)c(C#N)c34)c3c(c12)COC3. The van der Waals surface area contributed by atoms with E-state index < -0.39 is 23.3 Å². The monoisotopic (exact) mass is 661 g/mol. The summed E-state index contributed by atoms with van der Waals surface area (Å²) in [6, 6.07) is 5.33. The molecule has 2 bridgehead atoms. The smallest absolute Gasteiger partial charge is 0.319 e. The summed E-state index contributed by atoms with van der Waals surface area (Å²) in [7, 11) is 2.11. The van der Waals surface area contributed by atoms with Crippen molar-refractivity contribution in [3.63, 3.8) is 0 Å². The van der Waals surface area contributed by atoms with Gasteiger partial charge >= 0.3 is 6.01 Å². The van der Waals surface area contributed by atoms with Crippen molar-refractivity contribution in [3.8, 4) is 23.2 Å². The van der Waals surface area contributed by atoms with Gasteiger partial charge in [-0.15, -0.1) is 11.3 Å². The molecule has 2 aromatic heterocycles. The number of nitrogen functional groups attached to an aromatic ring is 1. The summed E-state index contributed by atoms with van der Waals surface area (Å²) in [6.45, 7) is 3.35. The minimum Gasteiger partial charge on any atom is -0.461 e. The Bertz CT molecular complexity index is 2000. The second-order valence-electron chi connectivity index (χ2n) is 13.8. The topological polar surface area (TPSA) is 104 Å². The van der Waals surface area contributed by atoms with E-state index in [4.69, 9.17) is 25.2 Å². The first-order chi connectivity index (χ1) is 22.8. The number of rotatable bonds is 5. The Morgan fingerprint density at radius 3 is 2.68 bits per heavy atom. The molecule has 4 atom stereocenters. The fourth-order valence-electron chi connectivity index (χ4n) is 9.15. The Morgan fingerprint density at radius 2 is 1.89 bits per heavy atom. The van der Waals surface area contributed by atoms with E-state index in [0.717, 1.165) is 45.3 Å². The van der Waals surface area contributed by atoms with Crippen molar-refractivity contribution in [1.82, 2.24) is 19.8 Å². The number of nitriles is 1. The Kier molecular flexibility index (Phi) is 6.67. The van der Waals surface area contributed by atoms with Crippen LogP contribution in [0.25, 0.3) is 32.1 Å². The molecule has 5 aliphatic heterocycles. The van der Waals surface area contributed by atoms with Gasteiger partial charge in [-0.3, -0.25) is 4.90 Å². The third-order valence-corrected chi connectivity index (χ3v) is 12.1. The number of ether oxygens (including phenoxy) is 2.